The molecular formula is C19H23F2NO2. The van der Waals surface area contributed by atoms with E-state index in [0.29, 0.717) is 11.7 Å². The lowest BCUT2D eigenvalue weighted by Gasteiger charge is -2.32. The van der Waals surface area contributed by atoms with Crippen LogP contribution in [-0.2, 0) is 19.6 Å². The number of likely N-dealkylation sites (tertiary alicyclic amines) is 1. The van der Waals surface area contributed by atoms with E-state index in [4.69, 9.17) is 9.52 Å². The van der Waals surface area contributed by atoms with Crippen molar-refractivity contribution in [1.82, 2.24) is 4.90 Å². The predicted molar refractivity (Wildman–Crippen MR) is 87.3 cm³/mol. The highest BCUT2D eigenvalue weighted by molar-refractivity contribution is 5.18. The van der Waals surface area contributed by atoms with E-state index < -0.39 is 11.6 Å². The van der Waals surface area contributed by atoms with Gasteiger partial charge in [-0.1, -0.05) is 6.07 Å². The lowest BCUT2D eigenvalue weighted by atomic mass is 9.91. The number of benzene rings is 1. The van der Waals surface area contributed by atoms with Gasteiger partial charge < -0.3 is 9.52 Å². The molecule has 0 bridgehead atoms. The van der Waals surface area contributed by atoms with Crippen molar-refractivity contribution in [2.24, 2.45) is 5.92 Å². The Balaban J connectivity index is 1.50. The molecule has 0 spiro atoms. The molecule has 1 aliphatic heterocycles. The Morgan fingerprint density at radius 2 is 1.96 bits per heavy atom. The molecule has 5 heteroatoms. The molecule has 1 aliphatic rings. The van der Waals surface area contributed by atoms with Gasteiger partial charge in [0.25, 0.3) is 0 Å². The summed E-state index contributed by atoms with van der Waals surface area (Å²) in [6.07, 6.45) is 4.04. The molecule has 24 heavy (non-hydrogen) atoms. The number of hydrogen-bond donors (Lipinski definition) is 1. The number of aliphatic hydroxyl groups excluding tert-OH is 1. The van der Waals surface area contributed by atoms with Crippen LogP contribution in [0.4, 0.5) is 8.78 Å². The van der Waals surface area contributed by atoms with Crippen LogP contribution in [-0.4, -0.2) is 23.1 Å². The Labute approximate surface area is 140 Å². The van der Waals surface area contributed by atoms with Crippen molar-refractivity contribution in [3.63, 3.8) is 0 Å². The number of nitrogens with zero attached hydrogens (tertiary/aromatic N) is 1. The molecule has 0 unspecified atom stereocenters. The Morgan fingerprint density at radius 3 is 2.71 bits per heavy atom. The topological polar surface area (TPSA) is 36.6 Å². The Morgan fingerprint density at radius 1 is 1.12 bits per heavy atom. The average molecular weight is 335 g/mol. The van der Waals surface area contributed by atoms with Gasteiger partial charge >= 0.3 is 0 Å². The first kappa shape index (κ1) is 17.1. The molecule has 0 aliphatic carbocycles. The van der Waals surface area contributed by atoms with Gasteiger partial charge in [-0.15, -0.1) is 0 Å². The third-order valence-electron chi connectivity index (χ3n) is 4.68. The first-order valence-electron chi connectivity index (χ1n) is 8.49. The smallest absolute Gasteiger partial charge is 0.159 e. The van der Waals surface area contributed by atoms with E-state index in [1.165, 1.54) is 18.6 Å². The van der Waals surface area contributed by atoms with Gasteiger partial charge in [0.1, 0.15) is 18.1 Å². The maximum Gasteiger partial charge on any atom is 0.159 e. The maximum absolute atomic E-state index is 13.3. The second-order valence-corrected chi connectivity index (χ2v) is 6.56. The fraction of sp³-hybridized carbons (Fsp3) is 0.474. The van der Waals surface area contributed by atoms with E-state index in [1.807, 2.05) is 6.07 Å². The van der Waals surface area contributed by atoms with Crippen LogP contribution in [0.1, 0.15) is 36.3 Å². The minimum absolute atomic E-state index is 0.0726. The highest BCUT2D eigenvalue weighted by atomic mass is 19.2. The van der Waals surface area contributed by atoms with Crippen LogP contribution in [0.2, 0.25) is 0 Å². The summed E-state index contributed by atoms with van der Waals surface area (Å²) in [5.74, 6) is 0.468. The first-order chi connectivity index (χ1) is 11.6. The minimum Gasteiger partial charge on any atom is -0.462 e. The summed E-state index contributed by atoms with van der Waals surface area (Å²) in [7, 11) is 0. The average Bonchev–Trinajstić information content (AvgIpc) is 3.04. The van der Waals surface area contributed by atoms with Crippen LogP contribution in [0.15, 0.2) is 34.7 Å². The van der Waals surface area contributed by atoms with Gasteiger partial charge in [-0.2, -0.15) is 0 Å². The van der Waals surface area contributed by atoms with Crippen LogP contribution < -0.4 is 0 Å². The summed E-state index contributed by atoms with van der Waals surface area (Å²) in [6, 6.07) is 7.89. The number of hydrogen-bond acceptors (Lipinski definition) is 3. The summed E-state index contributed by atoms with van der Waals surface area (Å²) < 4.78 is 31.8. The molecule has 1 fully saturated rings. The third kappa shape index (κ3) is 4.42. The molecule has 3 nitrogen and oxygen atoms in total. The van der Waals surface area contributed by atoms with Crippen LogP contribution in [0.25, 0.3) is 0 Å². The number of piperidine rings is 1. The van der Waals surface area contributed by atoms with Crippen LogP contribution >= 0.6 is 0 Å². The highest BCUT2D eigenvalue weighted by Gasteiger charge is 2.21. The number of furan rings is 1. The standard InChI is InChI=1S/C19H23F2NO2/c20-18-8-5-14(10-19(18)21)3-4-15-2-1-9-22(11-15)12-16-6-7-17(13-23)24-16/h5-8,10,15,23H,1-4,9,11-13H2/t15-/m1/s1. The molecule has 1 atom stereocenters. The molecule has 1 aromatic heterocycles. The van der Waals surface area contributed by atoms with Gasteiger partial charge in [-0.3, -0.25) is 4.90 Å². The lowest BCUT2D eigenvalue weighted by molar-refractivity contribution is 0.149. The van der Waals surface area contributed by atoms with E-state index in [2.05, 4.69) is 4.90 Å². The van der Waals surface area contributed by atoms with Crippen molar-refractivity contribution in [3.05, 3.63) is 59.1 Å². The fourth-order valence-electron chi connectivity index (χ4n) is 3.41. The van der Waals surface area contributed by atoms with E-state index in [-0.39, 0.29) is 6.61 Å². The quantitative estimate of drug-likeness (QED) is 0.870. The van der Waals surface area contributed by atoms with Crippen LogP contribution in [0, 0.1) is 17.6 Å². The largest absolute Gasteiger partial charge is 0.462 e. The zero-order valence-electron chi connectivity index (χ0n) is 13.7. The molecule has 1 N–H and O–H groups in total. The second-order valence-electron chi connectivity index (χ2n) is 6.56. The van der Waals surface area contributed by atoms with Gasteiger partial charge in [-0.05, 0) is 68.0 Å². The number of aliphatic hydroxyl groups is 1. The van der Waals surface area contributed by atoms with Gasteiger partial charge in [-0.25, -0.2) is 8.78 Å². The summed E-state index contributed by atoms with van der Waals surface area (Å²) in [5.41, 5.74) is 0.852. The molecule has 1 saturated heterocycles. The van der Waals surface area contributed by atoms with Gasteiger partial charge in [0.2, 0.25) is 0 Å². The van der Waals surface area contributed by atoms with Crippen molar-refractivity contribution >= 4 is 0 Å². The van der Waals surface area contributed by atoms with E-state index in [1.54, 1.807) is 12.1 Å². The molecule has 1 aromatic carbocycles. The highest BCUT2D eigenvalue weighted by Crippen LogP contribution is 2.24. The number of aryl methyl sites for hydroxylation is 1. The van der Waals surface area contributed by atoms with E-state index in [9.17, 15) is 8.78 Å². The second kappa shape index (κ2) is 7.90. The summed E-state index contributed by atoms with van der Waals surface area (Å²) in [6.45, 7) is 2.70. The zero-order chi connectivity index (χ0) is 16.9. The molecule has 2 aromatic rings. The van der Waals surface area contributed by atoms with Crippen molar-refractivity contribution in [2.45, 2.75) is 38.8 Å². The number of halogens is 2. The Hall–Kier alpha value is -1.72. The van der Waals surface area contributed by atoms with Crippen molar-refractivity contribution < 1.29 is 18.3 Å². The SMILES string of the molecule is OCc1ccc(CN2CCC[C@H](CCc3ccc(F)c(F)c3)C2)o1. The maximum atomic E-state index is 13.3. The zero-order valence-corrected chi connectivity index (χ0v) is 13.7. The molecule has 2 heterocycles. The molecule has 130 valence electrons. The molecule has 3 rings (SSSR count). The molecule has 0 saturated carbocycles. The van der Waals surface area contributed by atoms with Crippen molar-refractivity contribution in [3.8, 4) is 0 Å². The van der Waals surface area contributed by atoms with Gasteiger partial charge in [0, 0.05) is 6.54 Å². The first-order valence-corrected chi connectivity index (χ1v) is 8.49. The summed E-state index contributed by atoms with van der Waals surface area (Å²) in [5, 5.41) is 9.06. The molecule has 0 radical (unpaired) electrons. The van der Waals surface area contributed by atoms with Crippen molar-refractivity contribution in [1.29, 1.82) is 0 Å². The summed E-state index contributed by atoms with van der Waals surface area (Å²) >= 11 is 0. The van der Waals surface area contributed by atoms with Crippen LogP contribution in [0.3, 0.4) is 0 Å². The summed E-state index contributed by atoms with van der Waals surface area (Å²) in [4.78, 5) is 2.36. The molecule has 0 amide bonds. The molecular weight excluding hydrogens is 312 g/mol. The van der Waals surface area contributed by atoms with E-state index in [0.717, 1.165) is 50.2 Å². The fourth-order valence-corrected chi connectivity index (χ4v) is 3.41. The van der Waals surface area contributed by atoms with Crippen molar-refractivity contribution in [2.75, 3.05) is 13.1 Å². The monoisotopic (exact) mass is 335 g/mol. The Kier molecular flexibility index (Phi) is 5.63. The minimum atomic E-state index is -0.789. The van der Waals surface area contributed by atoms with E-state index >= 15 is 0 Å². The Bertz CT molecular complexity index is 671. The lowest BCUT2D eigenvalue weighted by Crippen LogP contribution is -2.35. The number of rotatable bonds is 6. The third-order valence-corrected chi connectivity index (χ3v) is 4.68. The normalized spacial score (nSPS) is 18.9. The van der Waals surface area contributed by atoms with Gasteiger partial charge in [0.05, 0.1) is 6.54 Å². The van der Waals surface area contributed by atoms with Gasteiger partial charge in [0.15, 0.2) is 11.6 Å². The predicted octanol–water partition coefficient (Wildman–Crippen LogP) is 3.89. The van der Waals surface area contributed by atoms with Crippen LogP contribution in [0.5, 0.6) is 0 Å².